The Hall–Kier alpha value is -3.93. The molecule has 2 aromatic carbocycles. The molecule has 0 N–H and O–H groups in total. The summed E-state index contributed by atoms with van der Waals surface area (Å²) in [6.45, 7) is 1.99. The number of carbonyl (C=O) groups is 1. The third-order valence-corrected chi connectivity index (χ3v) is 4.67. The number of aromatic nitrogens is 1. The van der Waals surface area contributed by atoms with Crippen molar-refractivity contribution >= 4 is 29.1 Å². The summed E-state index contributed by atoms with van der Waals surface area (Å²) in [6, 6.07) is 21.8. The third-order valence-electron chi connectivity index (χ3n) is 4.67. The summed E-state index contributed by atoms with van der Waals surface area (Å²) in [4.78, 5) is 23.7. The van der Waals surface area contributed by atoms with E-state index in [4.69, 9.17) is 14.1 Å². The molecular formula is C25H23N3O3. The van der Waals surface area contributed by atoms with Crippen molar-refractivity contribution in [3.63, 3.8) is 0 Å². The van der Waals surface area contributed by atoms with Crippen molar-refractivity contribution in [1.29, 1.82) is 0 Å². The minimum Gasteiger partial charge on any atom is -0.460 e. The van der Waals surface area contributed by atoms with Gasteiger partial charge in [0.15, 0.2) is 0 Å². The fourth-order valence-corrected chi connectivity index (χ4v) is 3.32. The summed E-state index contributed by atoms with van der Waals surface area (Å²) in [6.07, 6.45) is 1.63. The summed E-state index contributed by atoms with van der Waals surface area (Å²) in [5, 5.41) is 0.673. The maximum atomic E-state index is 12.7. The molecule has 2 aromatic heterocycles. The molecule has 0 amide bonds. The normalized spacial score (nSPS) is 11.2. The van der Waals surface area contributed by atoms with Gasteiger partial charge in [-0.15, -0.1) is 0 Å². The van der Waals surface area contributed by atoms with E-state index in [1.54, 1.807) is 18.2 Å². The van der Waals surface area contributed by atoms with Crippen LogP contribution in [0.3, 0.4) is 0 Å². The molecule has 0 unspecified atom stereocenters. The van der Waals surface area contributed by atoms with Crippen molar-refractivity contribution in [2.75, 3.05) is 20.7 Å². The van der Waals surface area contributed by atoms with E-state index in [-0.39, 0.29) is 12.4 Å². The first-order chi connectivity index (χ1) is 15.1. The first-order valence-corrected chi connectivity index (χ1v) is 10.0. The second-order valence-electron chi connectivity index (χ2n) is 7.18. The zero-order chi connectivity index (χ0) is 21.8. The van der Waals surface area contributed by atoms with Crippen LogP contribution in [0.4, 0.5) is 5.69 Å². The topological polar surface area (TPSA) is 67.9 Å². The number of hydrogen-bond acceptors (Lipinski definition) is 5. The molecule has 4 rings (SSSR count). The van der Waals surface area contributed by atoms with Crippen molar-refractivity contribution in [1.82, 2.24) is 9.88 Å². The molecule has 6 heteroatoms. The zero-order valence-electron chi connectivity index (χ0n) is 17.7. The van der Waals surface area contributed by atoms with Crippen molar-refractivity contribution < 1.29 is 13.9 Å². The van der Waals surface area contributed by atoms with E-state index in [0.717, 1.165) is 22.4 Å². The van der Waals surface area contributed by atoms with Gasteiger partial charge in [-0.2, -0.15) is 0 Å². The molecule has 0 fully saturated rings. The predicted molar refractivity (Wildman–Crippen MR) is 123 cm³/mol. The number of furan rings is 1. The molecule has 6 nitrogen and oxygen atoms in total. The average Bonchev–Trinajstić information content (AvgIpc) is 3.17. The van der Waals surface area contributed by atoms with Crippen molar-refractivity contribution in [3.05, 3.63) is 72.5 Å². The quantitative estimate of drug-likeness (QED) is 0.235. The molecule has 0 radical (unpaired) electrons. The number of hydrogen-bond donors (Lipinski definition) is 0. The predicted octanol–water partition coefficient (Wildman–Crippen LogP) is 5.56. The van der Waals surface area contributed by atoms with Crippen LogP contribution in [0.25, 0.3) is 33.5 Å². The highest BCUT2D eigenvalue weighted by Gasteiger charge is 2.26. The molecule has 31 heavy (non-hydrogen) atoms. The van der Waals surface area contributed by atoms with Crippen LogP contribution in [0.1, 0.15) is 17.5 Å². The number of benzene rings is 2. The summed E-state index contributed by atoms with van der Waals surface area (Å²) < 4.78 is 11.2. The van der Waals surface area contributed by atoms with Crippen LogP contribution in [-0.2, 0) is 4.74 Å². The molecule has 0 atom stereocenters. The molecule has 0 saturated heterocycles. The Labute approximate surface area is 180 Å². The Morgan fingerprint density at radius 2 is 1.71 bits per heavy atom. The van der Waals surface area contributed by atoms with E-state index >= 15 is 0 Å². The fourth-order valence-electron chi connectivity index (χ4n) is 3.32. The van der Waals surface area contributed by atoms with Gasteiger partial charge in [0.2, 0.25) is 11.5 Å². The first-order valence-electron chi connectivity index (χ1n) is 10.0. The van der Waals surface area contributed by atoms with Crippen molar-refractivity contribution in [3.8, 4) is 22.4 Å². The summed E-state index contributed by atoms with van der Waals surface area (Å²) in [5.41, 5.74) is 4.31. The highest BCUT2D eigenvalue weighted by atomic mass is 16.5. The number of aliphatic imine (C=N–C) groups is 1. The lowest BCUT2D eigenvalue weighted by atomic mass is 9.99. The number of nitrogens with zero attached hydrogens (tertiary/aromatic N) is 3. The van der Waals surface area contributed by atoms with Crippen LogP contribution in [0, 0.1) is 0 Å². The van der Waals surface area contributed by atoms with Gasteiger partial charge in [-0.25, -0.2) is 14.8 Å². The van der Waals surface area contributed by atoms with E-state index < -0.39 is 5.97 Å². The van der Waals surface area contributed by atoms with Gasteiger partial charge in [-0.3, -0.25) is 0 Å². The molecule has 0 aliphatic carbocycles. The number of fused-ring (bicyclic) bond motifs is 1. The van der Waals surface area contributed by atoms with Crippen LogP contribution >= 0.6 is 0 Å². The molecular weight excluding hydrogens is 390 g/mol. The van der Waals surface area contributed by atoms with Gasteiger partial charge in [0, 0.05) is 19.7 Å². The van der Waals surface area contributed by atoms with E-state index in [2.05, 4.69) is 4.99 Å². The van der Waals surface area contributed by atoms with E-state index in [9.17, 15) is 4.79 Å². The Bertz CT molecular complexity index is 1230. The van der Waals surface area contributed by atoms with Gasteiger partial charge in [-0.05, 0) is 24.1 Å². The highest BCUT2D eigenvalue weighted by molar-refractivity contribution is 6.09. The smallest absolute Gasteiger partial charge is 0.376 e. The van der Waals surface area contributed by atoms with Gasteiger partial charge in [0.25, 0.3) is 0 Å². The Kier molecular flexibility index (Phi) is 5.80. The molecule has 0 spiro atoms. The molecule has 0 aliphatic rings. The standard InChI is InChI=1S/C25H23N3O3/c1-4-30-25(29)23-22(26-16-28(2)3)21-19(17-11-7-5-8-12-17)15-20(27-24(21)31-23)18-13-9-6-10-14-18/h5-16H,4H2,1-3H3. The summed E-state index contributed by atoms with van der Waals surface area (Å²) in [7, 11) is 3.72. The summed E-state index contributed by atoms with van der Waals surface area (Å²) >= 11 is 0. The molecule has 0 bridgehead atoms. The molecule has 0 saturated carbocycles. The second kappa shape index (κ2) is 8.83. The molecule has 2 heterocycles. The SMILES string of the molecule is CCOC(=O)c1oc2nc(-c3ccccc3)cc(-c3ccccc3)c2c1N=CN(C)C. The molecule has 156 valence electrons. The van der Waals surface area contributed by atoms with Crippen LogP contribution < -0.4 is 0 Å². The number of rotatable bonds is 6. The summed E-state index contributed by atoms with van der Waals surface area (Å²) in [5.74, 6) is -0.517. The van der Waals surface area contributed by atoms with E-state index in [1.165, 1.54) is 0 Å². The monoisotopic (exact) mass is 413 g/mol. The van der Waals surface area contributed by atoms with Gasteiger partial charge in [-0.1, -0.05) is 60.7 Å². The number of ether oxygens (including phenoxy) is 1. The minimum atomic E-state index is -0.563. The minimum absolute atomic E-state index is 0.0462. The molecule has 4 aromatic rings. The lowest BCUT2D eigenvalue weighted by Gasteiger charge is -2.08. The van der Waals surface area contributed by atoms with Crippen LogP contribution in [0.15, 0.2) is 76.1 Å². The Balaban J connectivity index is 2.05. The van der Waals surface area contributed by atoms with E-state index in [0.29, 0.717) is 16.8 Å². The van der Waals surface area contributed by atoms with Gasteiger partial charge in [0.05, 0.1) is 24.0 Å². The van der Waals surface area contributed by atoms with Crippen molar-refractivity contribution in [2.45, 2.75) is 6.92 Å². The number of carbonyl (C=O) groups excluding carboxylic acids is 1. The number of pyridine rings is 1. The van der Waals surface area contributed by atoms with Crippen LogP contribution in [-0.4, -0.2) is 42.9 Å². The number of esters is 1. The van der Waals surface area contributed by atoms with Gasteiger partial charge in [0.1, 0.15) is 5.69 Å². The van der Waals surface area contributed by atoms with Crippen LogP contribution in [0.5, 0.6) is 0 Å². The highest BCUT2D eigenvalue weighted by Crippen LogP contribution is 2.41. The third kappa shape index (κ3) is 4.19. The van der Waals surface area contributed by atoms with Crippen molar-refractivity contribution in [2.24, 2.45) is 4.99 Å². The Morgan fingerprint density at radius 3 is 2.32 bits per heavy atom. The second-order valence-corrected chi connectivity index (χ2v) is 7.18. The first kappa shape index (κ1) is 20.3. The lowest BCUT2D eigenvalue weighted by molar-refractivity contribution is 0.0493. The fraction of sp³-hybridized carbons (Fsp3) is 0.160. The molecule has 0 aliphatic heterocycles. The van der Waals surface area contributed by atoms with Gasteiger partial charge >= 0.3 is 5.97 Å². The largest absolute Gasteiger partial charge is 0.460 e. The van der Waals surface area contributed by atoms with Crippen LogP contribution in [0.2, 0.25) is 0 Å². The maximum Gasteiger partial charge on any atom is 0.376 e. The van der Waals surface area contributed by atoms with E-state index in [1.807, 2.05) is 80.8 Å². The zero-order valence-corrected chi connectivity index (χ0v) is 17.7. The maximum absolute atomic E-state index is 12.7. The van der Waals surface area contributed by atoms with Gasteiger partial charge < -0.3 is 14.1 Å². The average molecular weight is 413 g/mol. The Morgan fingerprint density at radius 1 is 1.06 bits per heavy atom. The lowest BCUT2D eigenvalue weighted by Crippen LogP contribution is -2.08.